The van der Waals surface area contributed by atoms with Crippen LogP contribution in [0.5, 0.6) is 0 Å². The van der Waals surface area contributed by atoms with E-state index in [1.54, 1.807) is 11.6 Å². The second kappa shape index (κ2) is 5.31. The number of halogens is 1. The van der Waals surface area contributed by atoms with Gasteiger partial charge in [0.05, 0.1) is 12.6 Å². The van der Waals surface area contributed by atoms with Gasteiger partial charge in [-0.2, -0.15) is 4.98 Å². The first-order valence-corrected chi connectivity index (χ1v) is 7.32. The number of aryl methyl sites for hydroxylation is 1. The van der Waals surface area contributed by atoms with Crippen LogP contribution >= 0.6 is 11.6 Å². The Morgan fingerprint density at radius 3 is 2.71 bits per heavy atom. The van der Waals surface area contributed by atoms with E-state index in [4.69, 9.17) is 16.3 Å². The van der Waals surface area contributed by atoms with Crippen molar-refractivity contribution in [2.45, 2.75) is 31.9 Å². The molecule has 2 aromatic heterocycles. The van der Waals surface area contributed by atoms with Gasteiger partial charge in [0.25, 0.3) is 5.56 Å². The van der Waals surface area contributed by atoms with Crippen LogP contribution in [0.2, 0.25) is 5.28 Å². The van der Waals surface area contributed by atoms with Gasteiger partial charge in [-0.1, -0.05) is 0 Å². The third-order valence-electron chi connectivity index (χ3n) is 3.96. The van der Waals surface area contributed by atoms with Crippen LogP contribution in [0.3, 0.4) is 0 Å². The Labute approximate surface area is 125 Å². The summed E-state index contributed by atoms with van der Waals surface area (Å²) in [4.78, 5) is 28.5. The normalized spacial score (nSPS) is 19.3. The van der Waals surface area contributed by atoms with Gasteiger partial charge in [-0.15, -0.1) is 0 Å². The zero-order chi connectivity index (χ0) is 15.1. The van der Waals surface area contributed by atoms with Crippen molar-refractivity contribution in [3.05, 3.63) is 26.1 Å². The van der Waals surface area contributed by atoms with Crippen molar-refractivity contribution in [3.63, 3.8) is 0 Å². The molecule has 1 aliphatic rings. The first kappa shape index (κ1) is 14.3. The molecule has 0 bridgehead atoms. The summed E-state index contributed by atoms with van der Waals surface area (Å²) in [5, 5.41) is 0.206. The standard InChI is InChI=1S/C13H17ClN4O3/c1-16-10-9(11(19)17(2)13(16)20)18(12(14)15-10)7-8-5-3-4-6-21-8/h8H,3-7H2,1-2H3. The summed E-state index contributed by atoms with van der Waals surface area (Å²) in [5.74, 6) is 0. The second-order valence-corrected chi connectivity index (χ2v) is 5.70. The zero-order valence-corrected chi connectivity index (χ0v) is 12.8. The molecule has 1 saturated heterocycles. The van der Waals surface area contributed by atoms with E-state index in [9.17, 15) is 9.59 Å². The summed E-state index contributed by atoms with van der Waals surface area (Å²) in [6, 6.07) is 0. The topological polar surface area (TPSA) is 71.0 Å². The van der Waals surface area contributed by atoms with Crippen LogP contribution in [0.15, 0.2) is 9.59 Å². The third-order valence-corrected chi connectivity index (χ3v) is 4.25. The van der Waals surface area contributed by atoms with Crippen molar-refractivity contribution < 1.29 is 4.74 Å². The molecule has 1 aliphatic heterocycles. The number of aromatic nitrogens is 4. The highest BCUT2D eigenvalue weighted by atomic mass is 35.5. The van der Waals surface area contributed by atoms with E-state index in [-0.39, 0.29) is 16.9 Å². The van der Waals surface area contributed by atoms with Gasteiger partial charge in [-0.05, 0) is 30.9 Å². The van der Waals surface area contributed by atoms with E-state index in [2.05, 4.69) is 4.98 Å². The van der Waals surface area contributed by atoms with Gasteiger partial charge in [0.15, 0.2) is 11.2 Å². The van der Waals surface area contributed by atoms with E-state index in [0.717, 1.165) is 30.4 Å². The highest BCUT2D eigenvalue weighted by Gasteiger charge is 2.22. The fraction of sp³-hybridized carbons (Fsp3) is 0.615. The van der Waals surface area contributed by atoms with Crippen LogP contribution in [-0.2, 0) is 25.4 Å². The summed E-state index contributed by atoms with van der Waals surface area (Å²) in [7, 11) is 3.03. The molecular weight excluding hydrogens is 296 g/mol. The quantitative estimate of drug-likeness (QED) is 0.764. The minimum absolute atomic E-state index is 0.0237. The number of hydrogen-bond acceptors (Lipinski definition) is 4. The molecule has 0 spiro atoms. The number of imidazole rings is 1. The van der Waals surface area contributed by atoms with Crippen LogP contribution < -0.4 is 11.2 Å². The fourth-order valence-electron chi connectivity index (χ4n) is 2.74. The Morgan fingerprint density at radius 2 is 2.05 bits per heavy atom. The monoisotopic (exact) mass is 312 g/mol. The molecule has 1 unspecified atom stereocenters. The summed E-state index contributed by atoms with van der Waals surface area (Å²) < 4.78 is 9.74. The van der Waals surface area contributed by atoms with Crippen molar-refractivity contribution in [1.29, 1.82) is 0 Å². The van der Waals surface area contributed by atoms with Crippen molar-refractivity contribution in [1.82, 2.24) is 18.7 Å². The van der Waals surface area contributed by atoms with Gasteiger partial charge in [0, 0.05) is 20.7 Å². The lowest BCUT2D eigenvalue weighted by atomic mass is 10.1. The molecule has 1 fully saturated rings. The molecule has 114 valence electrons. The maximum absolute atomic E-state index is 12.4. The molecule has 0 saturated carbocycles. The van der Waals surface area contributed by atoms with Crippen LogP contribution in [-0.4, -0.2) is 31.4 Å². The largest absolute Gasteiger partial charge is 0.376 e. The SMILES string of the molecule is Cn1c(=O)c2c(nc(Cl)n2CC2CCCCO2)n(C)c1=O. The number of rotatable bonds is 2. The van der Waals surface area contributed by atoms with Gasteiger partial charge in [0.2, 0.25) is 5.28 Å². The molecule has 0 amide bonds. The van der Waals surface area contributed by atoms with Crippen LogP contribution in [0.4, 0.5) is 0 Å². The van der Waals surface area contributed by atoms with Crippen molar-refractivity contribution >= 4 is 22.8 Å². The van der Waals surface area contributed by atoms with Crippen molar-refractivity contribution in [2.75, 3.05) is 6.61 Å². The van der Waals surface area contributed by atoms with Crippen LogP contribution in [0.1, 0.15) is 19.3 Å². The predicted octanol–water partition coefficient (Wildman–Crippen LogP) is 0.656. The van der Waals surface area contributed by atoms with Crippen LogP contribution in [0.25, 0.3) is 11.2 Å². The number of fused-ring (bicyclic) bond motifs is 1. The summed E-state index contributed by atoms with van der Waals surface area (Å²) in [6.07, 6.45) is 3.12. The van der Waals surface area contributed by atoms with E-state index < -0.39 is 5.69 Å². The molecule has 3 rings (SSSR count). The summed E-state index contributed by atoms with van der Waals surface area (Å²) in [6.45, 7) is 1.20. The molecule has 8 heteroatoms. The van der Waals surface area contributed by atoms with Gasteiger partial charge < -0.3 is 9.30 Å². The van der Waals surface area contributed by atoms with E-state index in [0.29, 0.717) is 17.7 Å². The minimum atomic E-state index is -0.414. The maximum Gasteiger partial charge on any atom is 0.332 e. The number of ether oxygens (including phenoxy) is 1. The van der Waals surface area contributed by atoms with Gasteiger partial charge in [0.1, 0.15) is 0 Å². The van der Waals surface area contributed by atoms with Gasteiger partial charge >= 0.3 is 5.69 Å². The number of hydrogen-bond donors (Lipinski definition) is 0. The molecule has 2 aromatic rings. The maximum atomic E-state index is 12.4. The van der Waals surface area contributed by atoms with Crippen molar-refractivity contribution in [2.24, 2.45) is 14.1 Å². The Morgan fingerprint density at radius 1 is 1.29 bits per heavy atom. The Hall–Kier alpha value is -1.60. The molecule has 0 radical (unpaired) electrons. The molecule has 0 aliphatic carbocycles. The Kier molecular flexibility index (Phi) is 3.62. The Balaban J connectivity index is 2.16. The summed E-state index contributed by atoms with van der Waals surface area (Å²) >= 11 is 6.17. The molecule has 21 heavy (non-hydrogen) atoms. The molecular formula is C13H17ClN4O3. The molecule has 0 aromatic carbocycles. The van der Waals surface area contributed by atoms with Gasteiger partial charge in [-0.25, -0.2) is 4.79 Å². The smallest absolute Gasteiger partial charge is 0.332 e. The lowest BCUT2D eigenvalue weighted by Crippen LogP contribution is -2.38. The van der Waals surface area contributed by atoms with Crippen LogP contribution in [0, 0.1) is 0 Å². The van der Waals surface area contributed by atoms with Crippen molar-refractivity contribution in [3.8, 4) is 0 Å². The van der Waals surface area contributed by atoms with E-state index in [1.807, 2.05) is 0 Å². The Bertz CT molecular complexity index is 798. The molecule has 7 nitrogen and oxygen atoms in total. The van der Waals surface area contributed by atoms with E-state index in [1.165, 1.54) is 11.6 Å². The fourth-order valence-corrected chi connectivity index (χ4v) is 2.98. The minimum Gasteiger partial charge on any atom is -0.376 e. The highest BCUT2D eigenvalue weighted by Crippen LogP contribution is 2.20. The average Bonchev–Trinajstić information content (AvgIpc) is 2.81. The second-order valence-electron chi connectivity index (χ2n) is 5.36. The first-order chi connectivity index (χ1) is 10.0. The molecule has 0 N–H and O–H groups in total. The lowest BCUT2D eigenvalue weighted by molar-refractivity contribution is 0.00661. The molecule has 1 atom stereocenters. The average molecular weight is 313 g/mol. The van der Waals surface area contributed by atoms with Gasteiger partial charge in [-0.3, -0.25) is 13.9 Å². The first-order valence-electron chi connectivity index (χ1n) is 6.94. The highest BCUT2D eigenvalue weighted by molar-refractivity contribution is 6.29. The molecule has 3 heterocycles. The lowest BCUT2D eigenvalue weighted by Gasteiger charge is -2.23. The number of nitrogens with zero attached hydrogens (tertiary/aromatic N) is 4. The predicted molar refractivity (Wildman–Crippen MR) is 78.8 cm³/mol. The summed E-state index contributed by atoms with van der Waals surface area (Å²) in [5.41, 5.74) is -0.145. The van der Waals surface area contributed by atoms with E-state index >= 15 is 0 Å². The third kappa shape index (κ3) is 2.30. The zero-order valence-electron chi connectivity index (χ0n) is 12.0.